The van der Waals surface area contributed by atoms with Crippen molar-refractivity contribution in [2.24, 2.45) is 0 Å². The maximum absolute atomic E-state index is 12.0. The van der Waals surface area contributed by atoms with Crippen LogP contribution in [0.3, 0.4) is 0 Å². The molecular weight excluding hydrogens is 282 g/mol. The Balaban J connectivity index is 2.01. The number of benzene rings is 2. The van der Waals surface area contributed by atoms with Gasteiger partial charge in [0.15, 0.2) is 6.61 Å². The number of unbranched alkanes of at least 4 members (excludes halogenated alkanes) is 1. The first kappa shape index (κ1) is 15.8. The molecule has 0 atom stereocenters. The van der Waals surface area contributed by atoms with E-state index in [-0.39, 0.29) is 23.8 Å². The van der Waals surface area contributed by atoms with Crippen molar-refractivity contribution in [1.29, 1.82) is 0 Å². The molecule has 0 unspecified atom stereocenters. The van der Waals surface area contributed by atoms with E-state index in [0.717, 1.165) is 18.2 Å². The summed E-state index contributed by atoms with van der Waals surface area (Å²) >= 11 is 0. The number of esters is 1. The van der Waals surface area contributed by atoms with Gasteiger partial charge in [0.1, 0.15) is 11.3 Å². The highest BCUT2D eigenvalue weighted by Crippen LogP contribution is 2.28. The van der Waals surface area contributed by atoms with Gasteiger partial charge in [-0.3, -0.25) is 4.79 Å². The topological polar surface area (TPSA) is 75.6 Å². The summed E-state index contributed by atoms with van der Waals surface area (Å²) in [5.41, 5.74) is 0.0556. The number of amides is 1. The molecule has 5 nitrogen and oxygen atoms in total. The van der Waals surface area contributed by atoms with Gasteiger partial charge in [-0.25, -0.2) is 4.79 Å². The molecule has 2 aromatic rings. The Labute approximate surface area is 128 Å². The maximum Gasteiger partial charge on any atom is 0.342 e. The molecule has 5 heteroatoms. The van der Waals surface area contributed by atoms with Crippen LogP contribution in [-0.4, -0.2) is 30.1 Å². The molecule has 2 N–H and O–H groups in total. The van der Waals surface area contributed by atoms with Gasteiger partial charge in [0, 0.05) is 11.9 Å². The fourth-order valence-electron chi connectivity index (χ4n) is 2.08. The van der Waals surface area contributed by atoms with Crippen molar-refractivity contribution < 1.29 is 19.4 Å². The first-order chi connectivity index (χ1) is 10.6. The predicted molar refractivity (Wildman–Crippen MR) is 83.8 cm³/mol. The second-order valence-corrected chi connectivity index (χ2v) is 4.96. The molecule has 1 amide bonds. The van der Waals surface area contributed by atoms with Crippen molar-refractivity contribution in [1.82, 2.24) is 5.32 Å². The summed E-state index contributed by atoms with van der Waals surface area (Å²) in [7, 11) is 0. The molecule has 0 spiro atoms. The number of hydrogen-bond donors (Lipinski definition) is 2. The largest absolute Gasteiger partial charge is 0.506 e. The van der Waals surface area contributed by atoms with Crippen molar-refractivity contribution in [2.45, 2.75) is 19.8 Å². The lowest BCUT2D eigenvalue weighted by Gasteiger charge is -2.09. The maximum atomic E-state index is 12.0. The van der Waals surface area contributed by atoms with Gasteiger partial charge >= 0.3 is 5.97 Å². The Morgan fingerprint density at radius 3 is 2.73 bits per heavy atom. The van der Waals surface area contributed by atoms with Crippen molar-refractivity contribution in [2.75, 3.05) is 13.2 Å². The zero-order valence-corrected chi connectivity index (χ0v) is 12.5. The summed E-state index contributed by atoms with van der Waals surface area (Å²) in [6.45, 7) is 2.23. The molecule has 2 aromatic carbocycles. The Kier molecular flexibility index (Phi) is 5.36. The first-order valence-corrected chi connectivity index (χ1v) is 7.28. The van der Waals surface area contributed by atoms with Crippen LogP contribution in [0.2, 0.25) is 0 Å². The zero-order chi connectivity index (χ0) is 15.9. The minimum Gasteiger partial charge on any atom is -0.506 e. The molecule has 0 saturated heterocycles. The summed E-state index contributed by atoms with van der Waals surface area (Å²) < 4.78 is 4.94. The van der Waals surface area contributed by atoms with Gasteiger partial charge in [0.2, 0.25) is 0 Å². The Morgan fingerprint density at radius 2 is 1.95 bits per heavy atom. The number of rotatable bonds is 6. The normalized spacial score (nSPS) is 10.4. The first-order valence-electron chi connectivity index (χ1n) is 7.28. The summed E-state index contributed by atoms with van der Waals surface area (Å²) in [5.74, 6) is -1.19. The average molecular weight is 301 g/mol. The lowest BCUT2D eigenvalue weighted by atomic mass is 10.1. The number of fused-ring (bicyclic) bond motifs is 1. The lowest BCUT2D eigenvalue weighted by Crippen LogP contribution is -2.29. The third kappa shape index (κ3) is 3.75. The quantitative estimate of drug-likeness (QED) is 0.635. The van der Waals surface area contributed by atoms with Crippen LogP contribution in [-0.2, 0) is 9.53 Å². The SMILES string of the molecule is CCCCNC(=O)COC(=O)c1ccc2ccccc2c1O. The number of carbonyl (C=O) groups excluding carboxylic acids is 2. The standard InChI is InChI=1S/C17H19NO4/c1-2-3-10-18-15(19)11-22-17(21)14-9-8-12-6-4-5-7-13(12)16(14)20/h4-9,20H,2-3,10-11H2,1H3,(H,18,19). The van der Waals surface area contributed by atoms with Crippen molar-refractivity contribution in [3.63, 3.8) is 0 Å². The molecule has 0 aliphatic rings. The van der Waals surface area contributed by atoms with Crippen LogP contribution in [0.25, 0.3) is 10.8 Å². The van der Waals surface area contributed by atoms with Gasteiger partial charge in [-0.2, -0.15) is 0 Å². The van der Waals surface area contributed by atoms with Gasteiger partial charge in [-0.1, -0.05) is 43.7 Å². The molecule has 0 aliphatic carbocycles. The van der Waals surface area contributed by atoms with E-state index in [1.54, 1.807) is 18.2 Å². The van der Waals surface area contributed by atoms with Gasteiger partial charge in [0.05, 0.1) is 0 Å². The number of ether oxygens (including phenoxy) is 1. The van der Waals surface area contributed by atoms with Crippen LogP contribution in [0.5, 0.6) is 5.75 Å². The Morgan fingerprint density at radius 1 is 1.18 bits per heavy atom. The van der Waals surface area contributed by atoms with E-state index in [2.05, 4.69) is 5.32 Å². The molecule has 0 bridgehead atoms. The second kappa shape index (κ2) is 7.45. The van der Waals surface area contributed by atoms with E-state index in [4.69, 9.17) is 4.74 Å². The molecule has 0 aliphatic heterocycles. The van der Waals surface area contributed by atoms with Gasteiger partial charge < -0.3 is 15.2 Å². The average Bonchev–Trinajstić information content (AvgIpc) is 2.53. The molecule has 0 radical (unpaired) electrons. The molecule has 0 heterocycles. The van der Waals surface area contributed by atoms with Crippen LogP contribution >= 0.6 is 0 Å². The minimum atomic E-state index is -0.714. The van der Waals surface area contributed by atoms with Gasteiger partial charge in [0.25, 0.3) is 5.91 Å². The Hall–Kier alpha value is -2.56. The van der Waals surface area contributed by atoms with Crippen LogP contribution in [0.15, 0.2) is 36.4 Å². The fraction of sp³-hybridized carbons (Fsp3) is 0.294. The number of hydrogen-bond acceptors (Lipinski definition) is 4. The number of aromatic hydroxyl groups is 1. The third-order valence-electron chi connectivity index (χ3n) is 3.31. The molecule has 0 saturated carbocycles. The molecule has 0 fully saturated rings. The van der Waals surface area contributed by atoms with Gasteiger partial charge in [-0.15, -0.1) is 0 Å². The molecule has 0 aromatic heterocycles. The molecule has 116 valence electrons. The zero-order valence-electron chi connectivity index (χ0n) is 12.5. The van der Waals surface area contributed by atoms with Crippen LogP contribution in [0, 0.1) is 0 Å². The van der Waals surface area contributed by atoms with E-state index < -0.39 is 5.97 Å². The number of phenols is 1. The summed E-state index contributed by atoms with van der Waals surface area (Å²) in [5, 5.41) is 14.2. The van der Waals surface area contributed by atoms with Gasteiger partial charge in [-0.05, 0) is 17.9 Å². The second-order valence-electron chi connectivity index (χ2n) is 4.96. The Bertz CT molecular complexity index is 681. The molecule has 2 rings (SSSR count). The third-order valence-corrected chi connectivity index (χ3v) is 3.31. The fourth-order valence-corrected chi connectivity index (χ4v) is 2.08. The monoisotopic (exact) mass is 301 g/mol. The molecule has 22 heavy (non-hydrogen) atoms. The summed E-state index contributed by atoms with van der Waals surface area (Å²) in [6.07, 6.45) is 1.86. The number of carbonyl (C=O) groups is 2. The van der Waals surface area contributed by atoms with Crippen LogP contribution < -0.4 is 5.32 Å². The lowest BCUT2D eigenvalue weighted by molar-refractivity contribution is -0.124. The van der Waals surface area contributed by atoms with E-state index >= 15 is 0 Å². The molecular formula is C17H19NO4. The van der Waals surface area contributed by atoms with Crippen LogP contribution in [0.1, 0.15) is 30.1 Å². The van der Waals surface area contributed by atoms with E-state index in [9.17, 15) is 14.7 Å². The van der Waals surface area contributed by atoms with E-state index in [1.165, 1.54) is 6.07 Å². The predicted octanol–water partition coefficient (Wildman–Crippen LogP) is 2.62. The number of phenolic OH excluding ortho intramolecular Hbond substituents is 1. The van der Waals surface area contributed by atoms with Crippen molar-refractivity contribution >= 4 is 22.6 Å². The summed E-state index contributed by atoms with van der Waals surface area (Å²) in [6, 6.07) is 10.4. The van der Waals surface area contributed by atoms with E-state index in [1.807, 2.05) is 19.1 Å². The minimum absolute atomic E-state index is 0.0556. The number of nitrogens with one attached hydrogen (secondary N) is 1. The van der Waals surface area contributed by atoms with Crippen molar-refractivity contribution in [3.05, 3.63) is 42.0 Å². The highest BCUT2D eigenvalue weighted by molar-refractivity contribution is 6.01. The van der Waals surface area contributed by atoms with Crippen LogP contribution in [0.4, 0.5) is 0 Å². The smallest absolute Gasteiger partial charge is 0.342 e. The highest BCUT2D eigenvalue weighted by atomic mass is 16.5. The highest BCUT2D eigenvalue weighted by Gasteiger charge is 2.16. The van der Waals surface area contributed by atoms with E-state index in [0.29, 0.717) is 11.9 Å². The van der Waals surface area contributed by atoms with Crippen molar-refractivity contribution in [3.8, 4) is 5.75 Å². The summed E-state index contributed by atoms with van der Waals surface area (Å²) in [4.78, 5) is 23.5.